The fraction of sp³-hybridized carbons (Fsp3) is 1.00. The van der Waals surface area contributed by atoms with Crippen molar-refractivity contribution < 1.29 is 31.4 Å². The molecule has 0 heterocycles. The van der Waals surface area contributed by atoms with Gasteiger partial charge in [0.25, 0.3) is 0 Å². The Morgan fingerprint density at radius 2 is 1.33 bits per heavy atom. The number of alkyl halides is 6. The Morgan fingerprint density at radius 3 is 1.67 bits per heavy atom. The molecule has 0 aromatic rings. The molecule has 0 amide bonds. The number of halogens is 6. The maximum atomic E-state index is 11.7. The second-order valence-corrected chi connectivity index (χ2v) is 2.51. The minimum atomic E-state index is -4.81. The lowest BCUT2D eigenvalue weighted by Crippen LogP contribution is -2.20. The van der Waals surface area contributed by atoms with Gasteiger partial charge in [0.05, 0.1) is 13.2 Å². The molecule has 0 saturated carbocycles. The van der Waals surface area contributed by atoms with E-state index in [4.69, 9.17) is 0 Å². The fourth-order valence-corrected chi connectivity index (χ4v) is 0.477. The Bertz CT molecular complexity index is 114. The molecule has 0 aromatic carbocycles. The minimum Gasteiger partial charge on any atom is -0.309 e. The predicted octanol–water partition coefficient (Wildman–Crippen LogP) is 2.48. The van der Waals surface area contributed by atoms with E-state index in [9.17, 15) is 22.0 Å². The zero-order valence-electron chi connectivity index (χ0n) is 5.50. The molecule has 74 valence electrons. The quantitative estimate of drug-likeness (QED) is 0.438. The Hall–Kier alpha value is 0.0500. The second kappa shape index (κ2) is 4.33. The number of ether oxygens (including phenoxy) is 2. The van der Waals surface area contributed by atoms with Crippen molar-refractivity contribution in [2.45, 2.75) is 11.4 Å². The van der Waals surface area contributed by atoms with E-state index in [0.29, 0.717) is 0 Å². The lowest BCUT2D eigenvalue weighted by atomic mass is 10.8. The van der Waals surface area contributed by atoms with Gasteiger partial charge in [-0.05, 0) is 0 Å². The number of hydrogen-bond acceptors (Lipinski definition) is 2. The molecule has 0 unspecified atom stereocenters. The Morgan fingerprint density at radius 1 is 0.917 bits per heavy atom. The average Bonchev–Trinajstić information content (AvgIpc) is 1.76. The molecule has 0 spiro atoms. The van der Waals surface area contributed by atoms with Crippen LogP contribution in [0.25, 0.3) is 0 Å². The molecule has 0 atom stereocenters. The van der Waals surface area contributed by atoms with E-state index in [0.717, 1.165) is 0 Å². The standard InChI is InChI=1S/C4H4BrF5O2/c5-3(6,7)11-1-2-12-4(8,9)10/h1-2H2. The highest BCUT2D eigenvalue weighted by Gasteiger charge is 2.30. The topological polar surface area (TPSA) is 18.5 Å². The lowest BCUT2D eigenvalue weighted by molar-refractivity contribution is -0.330. The van der Waals surface area contributed by atoms with Crippen LogP contribution in [0.4, 0.5) is 22.0 Å². The zero-order valence-corrected chi connectivity index (χ0v) is 7.08. The van der Waals surface area contributed by atoms with Crippen LogP contribution in [-0.4, -0.2) is 24.6 Å². The molecule has 0 saturated heterocycles. The molecule has 0 aliphatic heterocycles. The van der Waals surface area contributed by atoms with Gasteiger partial charge in [-0.3, -0.25) is 4.74 Å². The molecule has 12 heavy (non-hydrogen) atoms. The predicted molar refractivity (Wildman–Crippen MR) is 31.8 cm³/mol. The van der Waals surface area contributed by atoms with E-state index < -0.39 is 24.6 Å². The summed E-state index contributed by atoms with van der Waals surface area (Å²) in [6.45, 7) is -1.82. The summed E-state index contributed by atoms with van der Waals surface area (Å²) >= 11 is 1.77. The summed E-state index contributed by atoms with van der Waals surface area (Å²) in [5, 5.41) is -3.61. The summed E-state index contributed by atoms with van der Waals surface area (Å²) in [4.78, 5) is 0. The molecule has 0 bridgehead atoms. The van der Waals surface area contributed by atoms with Crippen LogP contribution in [0.1, 0.15) is 0 Å². The van der Waals surface area contributed by atoms with Crippen molar-refractivity contribution in [3.05, 3.63) is 0 Å². The summed E-state index contributed by atoms with van der Waals surface area (Å²) in [5.74, 6) is 0. The van der Waals surface area contributed by atoms with Gasteiger partial charge in [-0.25, -0.2) is 0 Å². The fourth-order valence-electron chi connectivity index (χ4n) is 0.315. The van der Waals surface area contributed by atoms with Crippen molar-refractivity contribution in [1.82, 2.24) is 0 Å². The number of rotatable bonds is 4. The van der Waals surface area contributed by atoms with E-state index in [1.165, 1.54) is 0 Å². The molecule has 2 nitrogen and oxygen atoms in total. The zero-order chi connectivity index (χ0) is 9.83. The number of hydrogen-bond donors (Lipinski definition) is 0. The SMILES string of the molecule is FC(F)(F)OCCOC(F)(F)Br. The first-order chi connectivity index (χ1) is 5.21. The summed E-state index contributed by atoms with van der Waals surface area (Å²) in [6, 6.07) is 0. The van der Waals surface area contributed by atoms with Gasteiger partial charge in [0.2, 0.25) is 0 Å². The van der Waals surface area contributed by atoms with Crippen LogP contribution in [-0.2, 0) is 9.47 Å². The summed E-state index contributed by atoms with van der Waals surface area (Å²) < 4.78 is 63.7. The van der Waals surface area contributed by atoms with Crippen LogP contribution in [0, 0.1) is 0 Å². The highest BCUT2D eigenvalue weighted by molar-refractivity contribution is 9.09. The lowest BCUT2D eigenvalue weighted by Gasteiger charge is -2.10. The normalized spacial score (nSPS) is 13.5. The van der Waals surface area contributed by atoms with Crippen LogP contribution in [0.15, 0.2) is 0 Å². The van der Waals surface area contributed by atoms with Crippen molar-refractivity contribution in [3.8, 4) is 0 Å². The van der Waals surface area contributed by atoms with Crippen LogP contribution in [0.2, 0.25) is 0 Å². The minimum absolute atomic E-state index is 0.849. The highest BCUT2D eigenvalue weighted by Crippen LogP contribution is 2.23. The van der Waals surface area contributed by atoms with Crippen LogP contribution < -0.4 is 0 Å². The van der Waals surface area contributed by atoms with E-state index in [2.05, 4.69) is 9.47 Å². The van der Waals surface area contributed by atoms with Crippen molar-refractivity contribution in [2.24, 2.45) is 0 Å². The van der Waals surface area contributed by atoms with Crippen LogP contribution >= 0.6 is 15.9 Å². The van der Waals surface area contributed by atoms with Crippen molar-refractivity contribution >= 4 is 15.9 Å². The molecular weight excluding hydrogens is 255 g/mol. The van der Waals surface area contributed by atoms with Crippen LogP contribution in [0.5, 0.6) is 0 Å². The summed E-state index contributed by atoms with van der Waals surface area (Å²) in [5.41, 5.74) is 0. The first-order valence-corrected chi connectivity index (χ1v) is 3.41. The molecule has 0 rings (SSSR count). The second-order valence-electron chi connectivity index (χ2n) is 1.59. The van der Waals surface area contributed by atoms with Gasteiger partial charge in [0.1, 0.15) is 0 Å². The van der Waals surface area contributed by atoms with Gasteiger partial charge < -0.3 is 4.74 Å². The van der Waals surface area contributed by atoms with Gasteiger partial charge in [0.15, 0.2) is 0 Å². The Kier molecular flexibility index (Phi) is 4.35. The largest absolute Gasteiger partial charge is 0.522 e. The molecule has 0 fully saturated rings. The molecule has 0 aromatic heterocycles. The summed E-state index contributed by atoms with van der Waals surface area (Å²) in [7, 11) is 0. The molecule has 0 aliphatic carbocycles. The van der Waals surface area contributed by atoms with Crippen molar-refractivity contribution in [2.75, 3.05) is 13.2 Å². The first-order valence-electron chi connectivity index (χ1n) is 2.62. The molecule has 8 heteroatoms. The molecular formula is C4H4BrF5O2. The van der Waals surface area contributed by atoms with E-state index in [1.807, 2.05) is 0 Å². The van der Waals surface area contributed by atoms with E-state index in [-0.39, 0.29) is 0 Å². The Labute approximate surface area is 72.8 Å². The highest BCUT2D eigenvalue weighted by atomic mass is 79.9. The first kappa shape index (κ1) is 12.0. The molecule has 0 N–H and O–H groups in total. The van der Waals surface area contributed by atoms with Gasteiger partial charge in [-0.2, -0.15) is 8.78 Å². The van der Waals surface area contributed by atoms with Crippen molar-refractivity contribution in [1.29, 1.82) is 0 Å². The average molecular weight is 259 g/mol. The molecule has 0 radical (unpaired) electrons. The maximum Gasteiger partial charge on any atom is 0.522 e. The third kappa shape index (κ3) is 10.0. The van der Waals surface area contributed by atoms with Gasteiger partial charge >= 0.3 is 11.4 Å². The third-order valence-electron chi connectivity index (χ3n) is 0.615. The summed E-state index contributed by atoms with van der Waals surface area (Å²) in [6.07, 6.45) is -4.81. The van der Waals surface area contributed by atoms with E-state index >= 15 is 0 Å². The monoisotopic (exact) mass is 258 g/mol. The van der Waals surface area contributed by atoms with Gasteiger partial charge in [-0.1, -0.05) is 0 Å². The van der Waals surface area contributed by atoms with E-state index in [1.54, 1.807) is 15.9 Å². The smallest absolute Gasteiger partial charge is 0.309 e. The third-order valence-corrected chi connectivity index (χ3v) is 0.844. The molecule has 0 aliphatic rings. The van der Waals surface area contributed by atoms with Crippen molar-refractivity contribution in [3.63, 3.8) is 0 Å². The van der Waals surface area contributed by atoms with Gasteiger partial charge in [0, 0.05) is 15.9 Å². The van der Waals surface area contributed by atoms with Crippen LogP contribution in [0.3, 0.4) is 0 Å². The Balaban J connectivity index is 3.35. The maximum absolute atomic E-state index is 11.7. The van der Waals surface area contributed by atoms with Gasteiger partial charge in [-0.15, -0.1) is 13.2 Å².